The zero-order valence-corrected chi connectivity index (χ0v) is 13.2. The summed E-state index contributed by atoms with van der Waals surface area (Å²) in [5, 5.41) is 0. The third-order valence-corrected chi connectivity index (χ3v) is 3.96. The SMILES string of the molecule is CC(=O)/C=C\c1ccc(OCCCCCC2CC2)cc1C. The largest absolute Gasteiger partial charge is 0.494 e. The van der Waals surface area contributed by atoms with Gasteiger partial charge in [0.15, 0.2) is 5.78 Å². The number of rotatable bonds is 9. The van der Waals surface area contributed by atoms with Crippen molar-refractivity contribution in [2.75, 3.05) is 6.61 Å². The molecule has 0 unspecified atom stereocenters. The van der Waals surface area contributed by atoms with Crippen LogP contribution in [0.3, 0.4) is 0 Å². The first-order chi connectivity index (χ1) is 10.1. The standard InChI is InChI=1S/C19H26O2/c1-15-14-19(12-11-18(15)10-7-16(2)20)21-13-5-3-4-6-17-8-9-17/h7,10-12,14,17H,3-6,8-9,13H2,1-2H3/b10-7-. The van der Waals surface area contributed by atoms with E-state index in [4.69, 9.17) is 4.74 Å². The predicted molar refractivity (Wildman–Crippen MR) is 87.6 cm³/mol. The minimum absolute atomic E-state index is 0.0703. The molecule has 2 nitrogen and oxygen atoms in total. The molecule has 0 aliphatic heterocycles. The average Bonchev–Trinajstić information content (AvgIpc) is 3.25. The number of hydrogen-bond acceptors (Lipinski definition) is 2. The van der Waals surface area contributed by atoms with E-state index < -0.39 is 0 Å². The van der Waals surface area contributed by atoms with E-state index in [0.717, 1.165) is 35.8 Å². The molecule has 0 spiro atoms. The number of ether oxygens (including phenoxy) is 1. The maximum absolute atomic E-state index is 11.0. The summed E-state index contributed by atoms with van der Waals surface area (Å²) in [5.74, 6) is 2.04. The molecule has 0 atom stereocenters. The molecular weight excluding hydrogens is 260 g/mol. The molecule has 1 fully saturated rings. The number of hydrogen-bond donors (Lipinski definition) is 0. The molecule has 0 aromatic heterocycles. The van der Waals surface area contributed by atoms with Gasteiger partial charge in [0, 0.05) is 0 Å². The van der Waals surface area contributed by atoms with E-state index in [1.165, 1.54) is 32.1 Å². The van der Waals surface area contributed by atoms with Gasteiger partial charge in [-0.15, -0.1) is 0 Å². The van der Waals surface area contributed by atoms with Gasteiger partial charge in [-0.3, -0.25) is 4.79 Å². The van der Waals surface area contributed by atoms with Crippen LogP contribution in [0, 0.1) is 12.8 Å². The Hall–Kier alpha value is -1.57. The van der Waals surface area contributed by atoms with Crippen molar-refractivity contribution in [3.63, 3.8) is 0 Å². The molecule has 0 N–H and O–H groups in total. The summed E-state index contributed by atoms with van der Waals surface area (Å²) in [4.78, 5) is 11.0. The zero-order chi connectivity index (χ0) is 15.1. The van der Waals surface area contributed by atoms with Crippen molar-refractivity contribution in [1.82, 2.24) is 0 Å². The van der Waals surface area contributed by atoms with Gasteiger partial charge in [0.2, 0.25) is 0 Å². The molecule has 1 aliphatic carbocycles. The van der Waals surface area contributed by atoms with Crippen molar-refractivity contribution in [3.05, 3.63) is 35.4 Å². The summed E-state index contributed by atoms with van der Waals surface area (Å²) >= 11 is 0. The van der Waals surface area contributed by atoms with Gasteiger partial charge in [-0.1, -0.05) is 44.2 Å². The van der Waals surface area contributed by atoms with Gasteiger partial charge in [-0.2, -0.15) is 0 Å². The number of allylic oxidation sites excluding steroid dienone is 1. The topological polar surface area (TPSA) is 26.3 Å². The van der Waals surface area contributed by atoms with Crippen LogP contribution in [-0.2, 0) is 4.79 Å². The van der Waals surface area contributed by atoms with E-state index in [1.54, 1.807) is 13.0 Å². The Balaban J connectivity index is 1.70. The van der Waals surface area contributed by atoms with Gasteiger partial charge in [-0.05, 0) is 55.5 Å². The summed E-state index contributed by atoms with van der Waals surface area (Å²) in [6, 6.07) is 6.04. The molecule has 2 rings (SSSR count). The van der Waals surface area contributed by atoms with Crippen LogP contribution in [0.15, 0.2) is 24.3 Å². The van der Waals surface area contributed by atoms with Crippen molar-refractivity contribution in [2.45, 2.75) is 52.4 Å². The smallest absolute Gasteiger partial charge is 0.152 e. The molecule has 114 valence electrons. The summed E-state index contributed by atoms with van der Waals surface area (Å²) in [6.07, 6.45) is 11.5. The van der Waals surface area contributed by atoms with E-state index in [1.807, 2.05) is 31.2 Å². The van der Waals surface area contributed by atoms with Crippen molar-refractivity contribution >= 4 is 11.9 Å². The minimum Gasteiger partial charge on any atom is -0.494 e. The first-order valence-corrected chi connectivity index (χ1v) is 8.07. The van der Waals surface area contributed by atoms with Gasteiger partial charge in [0.1, 0.15) is 5.75 Å². The van der Waals surface area contributed by atoms with E-state index in [-0.39, 0.29) is 5.78 Å². The van der Waals surface area contributed by atoms with E-state index in [0.29, 0.717) is 0 Å². The fourth-order valence-electron chi connectivity index (χ4n) is 2.44. The van der Waals surface area contributed by atoms with Crippen molar-refractivity contribution in [1.29, 1.82) is 0 Å². The molecule has 0 heterocycles. The van der Waals surface area contributed by atoms with Crippen LogP contribution in [0.2, 0.25) is 0 Å². The van der Waals surface area contributed by atoms with Gasteiger partial charge in [0.05, 0.1) is 6.61 Å². The van der Waals surface area contributed by atoms with Crippen molar-refractivity contribution in [3.8, 4) is 5.75 Å². The number of benzene rings is 1. The molecule has 1 aromatic rings. The fraction of sp³-hybridized carbons (Fsp3) is 0.526. The molecule has 0 amide bonds. The number of aryl methyl sites for hydroxylation is 1. The van der Waals surface area contributed by atoms with Crippen LogP contribution in [0.1, 0.15) is 56.6 Å². The van der Waals surface area contributed by atoms with Crippen LogP contribution >= 0.6 is 0 Å². The van der Waals surface area contributed by atoms with E-state index in [2.05, 4.69) is 0 Å². The maximum atomic E-state index is 11.0. The van der Waals surface area contributed by atoms with E-state index in [9.17, 15) is 4.79 Å². The van der Waals surface area contributed by atoms with Crippen LogP contribution < -0.4 is 4.74 Å². The molecule has 21 heavy (non-hydrogen) atoms. The molecule has 0 bridgehead atoms. The van der Waals surface area contributed by atoms with Gasteiger partial charge >= 0.3 is 0 Å². The van der Waals surface area contributed by atoms with Gasteiger partial charge in [-0.25, -0.2) is 0 Å². The second-order valence-electron chi connectivity index (χ2n) is 6.10. The summed E-state index contributed by atoms with van der Waals surface area (Å²) in [6.45, 7) is 4.40. The normalized spacial score (nSPS) is 14.6. The average molecular weight is 286 g/mol. The van der Waals surface area contributed by atoms with Crippen LogP contribution in [0.4, 0.5) is 0 Å². The molecule has 0 saturated heterocycles. The lowest BCUT2D eigenvalue weighted by molar-refractivity contribution is -0.112. The first kappa shape index (κ1) is 15.8. The molecule has 1 aliphatic rings. The number of ketones is 1. The van der Waals surface area contributed by atoms with Crippen LogP contribution in [0.25, 0.3) is 6.08 Å². The third-order valence-electron chi connectivity index (χ3n) is 3.96. The second-order valence-corrected chi connectivity index (χ2v) is 6.10. The Bertz CT molecular complexity index is 498. The van der Waals surface area contributed by atoms with Gasteiger partial charge in [0.25, 0.3) is 0 Å². The molecular formula is C19H26O2. The van der Waals surface area contributed by atoms with Crippen LogP contribution in [0.5, 0.6) is 5.75 Å². The highest BCUT2D eigenvalue weighted by atomic mass is 16.5. The molecule has 2 heteroatoms. The number of carbonyl (C=O) groups excluding carboxylic acids is 1. The van der Waals surface area contributed by atoms with E-state index >= 15 is 0 Å². The summed E-state index contributed by atoms with van der Waals surface area (Å²) in [5.41, 5.74) is 2.21. The predicted octanol–water partition coefficient (Wildman–Crippen LogP) is 4.95. The molecule has 0 radical (unpaired) electrons. The third kappa shape index (κ3) is 6.16. The Labute approximate surface area is 128 Å². The number of carbonyl (C=O) groups is 1. The van der Waals surface area contributed by atoms with Crippen molar-refractivity contribution < 1.29 is 9.53 Å². The quantitative estimate of drug-likeness (QED) is 0.474. The van der Waals surface area contributed by atoms with Gasteiger partial charge < -0.3 is 4.74 Å². The van der Waals surface area contributed by atoms with Crippen molar-refractivity contribution in [2.24, 2.45) is 5.92 Å². The Morgan fingerprint density at radius 2 is 2.10 bits per heavy atom. The highest BCUT2D eigenvalue weighted by molar-refractivity contribution is 5.91. The minimum atomic E-state index is 0.0703. The zero-order valence-electron chi connectivity index (χ0n) is 13.2. The Morgan fingerprint density at radius 3 is 2.76 bits per heavy atom. The second kappa shape index (κ2) is 8.02. The lowest BCUT2D eigenvalue weighted by Crippen LogP contribution is -1.98. The molecule has 1 aromatic carbocycles. The first-order valence-electron chi connectivity index (χ1n) is 8.07. The number of unbranched alkanes of at least 4 members (excludes halogenated alkanes) is 2. The van der Waals surface area contributed by atoms with Crippen LogP contribution in [-0.4, -0.2) is 12.4 Å². The highest BCUT2D eigenvalue weighted by Gasteiger charge is 2.19. The monoisotopic (exact) mass is 286 g/mol. The fourth-order valence-corrected chi connectivity index (χ4v) is 2.44. The highest BCUT2D eigenvalue weighted by Crippen LogP contribution is 2.34. The summed E-state index contributed by atoms with van der Waals surface area (Å²) in [7, 11) is 0. The Kier molecular flexibility index (Phi) is 6.04. The molecule has 1 saturated carbocycles. The Morgan fingerprint density at radius 1 is 1.29 bits per heavy atom. The maximum Gasteiger partial charge on any atom is 0.152 e. The lowest BCUT2D eigenvalue weighted by Gasteiger charge is -2.08. The summed E-state index contributed by atoms with van der Waals surface area (Å²) < 4.78 is 5.80. The lowest BCUT2D eigenvalue weighted by atomic mass is 10.1.